The van der Waals surface area contributed by atoms with Crippen molar-refractivity contribution in [3.05, 3.63) is 18.3 Å². The van der Waals surface area contributed by atoms with Gasteiger partial charge in [0.25, 0.3) is 0 Å². The molecule has 0 unspecified atom stereocenters. The fraction of sp³-hybridized carbons (Fsp3) is 0.545. The van der Waals surface area contributed by atoms with Gasteiger partial charge < -0.3 is 4.90 Å². The number of hydrogen-bond acceptors (Lipinski definition) is 4. The molecular weight excluding hydrogens is 188 g/mol. The Morgan fingerprint density at radius 3 is 2.87 bits per heavy atom. The molecule has 4 nitrogen and oxygen atoms in total. The van der Waals surface area contributed by atoms with Gasteiger partial charge in [-0.25, -0.2) is 0 Å². The molecule has 0 fully saturated rings. The van der Waals surface area contributed by atoms with E-state index in [0.717, 1.165) is 12.4 Å². The molecule has 0 aliphatic rings. The van der Waals surface area contributed by atoms with Crippen LogP contribution in [-0.4, -0.2) is 23.3 Å². The molecule has 1 rings (SSSR count). The first-order chi connectivity index (χ1) is 7.24. The van der Waals surface area contributed by atoms with Gasteiger partial charge in [-0.1, -0.05) is 13.8 Å². The average Bonchev–Trinajstić information content (AvgIpc) is 2.25. The summed E-state index contributed by atoms with van der Waals surface area (Å²) in [5, 5.41) is 16.5. The second-order valence-corrected chi connectivity index (χ2v) is 3.83. The van der Waals surface area contributed by atoms with E-state index in [4.69, 9.17) is 5.26 Å². The lowest BCUT2D eigenvalue weighted by Crippen LogP contribution is -2.29. The van der Waals surface area contributed by atoms with E-state index in [2.05, 4.69) is 35.0 Å². The minimum absolute atomic E-state index is 0.517. The third kappa shape index (κ3) is 3.94. The highest BCUT2D eigenvalue weighted by Gasteiger charge is 2.09. The summed E-state index contributed by atoms with van der Waals surface area (Å²) in [6.07, 6.45) is 2.17. The van der Waals surface area contributed by atoms with E-state index >= 15 is 0 Å². The molecule has 4 heteroatoms. The first-order valence-corrected chi connectivity index (χ1v) is 5.13. The second-order valence-electron chi connectivity index (χ2n) is 3.83. The van der Waals surface area contributed by atoms with Gasteiger partial charge in [0.05, 0.1) is 12.5 Å². The second kappa shape index (κ2) is 5.97. The first-order valence-electron chi connectivity index (χ1n) is 5.13. The fourth-order valence-electron chi connectivity index (χ4n) is 1.39. The molecule has 1 aromatic rings. The van der Waals surface area contributed by atoms with Gasteiger partial charge in [-0.2, -0.15) is 10.4 Å². The van der Waals surface area contributed by atoms with Crippen LogP contribution in [0, 0.1) is 17.2 Å². The molecule has 0 radical (unpaired) electrons. The average molecular weight is 204 g/mol. The van der Waals surface area contributed by atoms with Crippen molar-refractivity contribution in [1.29, 1.82) is 5.26 Å². The van der Waals surface area contributed by atoms with Crippen molar-refractivity contribution in [1.82, 2.24) is 10.2 Å². The predicted octanol–water partition coefficient (Wildman–Crippen LogP) is 1.85. The van der Waals surface area contributed by atoms with Crippen LogP contribution in [0.1, 0.15) is 20.3 Å². The molecule has 1 heterocycles. The Bertz CT molecular complexity index is 315. The summed E-state index contributed by atoms with van der Waals surface area (Å²) in [6, 6.07) is 5.94. The van der Waals surface area contributed by atoms with Crippen LogP contribution in [0.3, 0.4) is 0 Å². The monoisotopic (exact) mass is 204 g/mol. The highest BCUT2D eigenvalue weighted by atomic mass is 15.3. The van der Waals surface area contributed by atoms with E-state index in [1.54, 1.807) is 6.20 Å². The Kier molecular flexibility index (Phi) is 4.55. The molecule has 1 aromatic heterocycles. The van der Waals surface area contributed by atoms with Crippen LogP contribution >= 0.6 is 0 Å². The highest BCUT2D eigenvalue weighted by Crippen LogP contribution is 2.11. The molecule has 0 amide bonds. The summed E-state index contributed by atoms with van der Waals surface area (Å²) >= 11 is 0. The largest absolute Gasteiger partial charge is 0.354 e. The van der Waals surface area contributed by atoms with Crippen LogP contribution in [0.15, 0.2) is 18.3 Å². The van der Waals surface area contributed by atoms with Crippen LogP contribution in [0.2, 0.25) is 0 Å². The van der Waals surface area contributed by atoms with Crippen molar-refractivity contribution in [2.24, 2.45) is 5.92 Å². The van der Waals surface area contributed by atoms with Gasteiger partial charge in [0.2, 0.25) is 0 Å². The maximum Gasteiger partial charge on any atom is 0.151 e. The number of aromatic nitrogens is 2. The summed E-state index contributed by atoms with van der Waals surface area (Å²) in [4.78, 5) is 2.10. The van der Waals surface area contributed by atoms with Crippen LogP contribution in [-0.2, 0) is 0 Å². The van der Waals surface area contributed by atoms with E-state index in [9.17, 15) is 0 Å². The number of rotatable bonds is 5. The molecule has 0 aliphatic carbocycles. The zero-order valence-corrected chi connectivity index (χ0v) is 9.22. The molecule has 0 atom stereocenters. The predicted molar refractivity (Wildman–Crippen MR) is 59.3 cm³/mol. The number of nitriles is 1. The van der Waals surface area contributed by atoms with E-state index < -0.39 is 0 Å². The van der Waals surface area contributed by atoms with Crippen LogP contribution < -0.4 is 4.90 Å². The molecule has 0 aliphatic heterocycles. The number of anilines is 1. The Morgan fingerprint density at radius 1 is 1.53 bits per heavy atom. The molecule has 0 bridgehead atoms. The quantitative estimate of drug-likeness (QED) is 0.734. The molecule has 15 heavy (non-hydrogen) atoms. The standard InChI is InChI=1S/C11H16N4/c1-10(2)9-15(8-4-6-12)11-5-3-7-13-14-11/h3,5,7,10H,4,8-9H2,1-2H3. The lowest BCUT2D eigenvalue weighted by molar-refractivity contribution is 0.605. The smallest absolute Gasteiger partial charge is 0.151 e. The molecule has 0 saturated heterocycles. The van der Waals surface area contributed by atoms with Crippen molar-refractivity contribution in [3.8, 4) is 6.07 Å². The van der Waals surface area contributed by atoms with Gasteiger partial charge in [0, 0.05) is 19.3 Å². The van der Waals surface area contributed by atoms with E-state index in [1.165, 1.54) is 0 Å². The summed E-state index contributed by atoms with van der Waals surface area (Å²) in [5.41, 5.74) is 0. The Hall–Kier alpha value is -1.63. The molecule has 0 N–H and O–H groups in total. The fourth-order valence-corrected chi connectivity index (χ4v) is 1.39. The maximum atomic E-state index is 8.58. The summed E-state index contributed by atoms with van der Waals surface area (Å²) in [6.45, 7) is 5.92. The van der Waals surface area contributed by atoms with Crippen molar-refractivity contribution in [2.45, 2.75) is 20.3 Å². The molecule has 80 valence electrons. The maximum absolute atomic E-state index is 8.58. The summed E-state index contributed by atoms with van der Waals surface area (Å²) in [7, 11) is 0. The third-order valence-electron chi connectivity index (χ3n) is 1.96. The van der Waals surface area contributed by atoms with Crippen molar-refractivity contribution >= 4 is 5.82 Å². The van der Waals surface area contributed by atoms with Crippen molar-refractivity contribution in [3.63, 3.8) is 0 Å². The summed E-state index contributed by atoms with van der Waals surface area (Å²) in [5.74, 6) is 1.40. The van der Waals surface area contributed by atoms with Gasteiger partial charge in [0.1, 0.15) is 0 Å². The van der Waals surface area contributed by atoms with E-state index in [0.29, 0.717) is 18.9 Å². The van der Waals surface area contributed by atoms with Crippen molar-refractivity contribution in [2.75, 3.05) is 18.0 Å². The molecule has 0 spiro atoms. The molecular formula is C11H16N4. The Balaban J connectivity index is 2.68. The zero-order valence-electron chi connectivity index (χ0n) is 9.22. The van der Waals surface area contributed by atoms with Gasteiger partial charge in [-0.05, 0) is 18.1 Å². The van der Waals surface area contributed by atoms with Crippen molar-refractivity contribution < 1.29 is 0 Å². The summed E-state index contributed by atoms with van der Waals surface area (Å²) < 4.78 is 0. The van der Waals surface area contributed by atoms with Crippen LogP contribution in [0.4, 0.5) is 5.82 Å². The lowest BCUT2D eigenvalue weighted by atomic mass is 10.2. The minimum Gasteiger partial charge on any atom is -0.354 e. The van der Waals surface area contributed by atoms with Gasteiger partial charge in [0.15, 0.2) is 5.82 Å². The normalized spacial score (nSPS) is 10.0. The molecule has 0 aromatic carbocycles. The Morgan fingerprint density at radius 2 is 2.33 bits per heavy atom. The van der Waals surface area contributed by atoms with E-state index in [1.807, 2.05) is 12.1 Å². The highest BCUT2D eigenvalue weighted by molar-refractivity contribution is 5.36. The van der Waals surface area contributed by atoms with Gasteiger partial charge in [-0.15, -0.1) is 5.10 Å². The lowest BCUT2D eigenvalue weighted by Gasteiger charge is -2.23. The van der Waals surface area contributed by atoms with Gasteiger partial charge >= 0.3 is 0 Å². The number of nitrogens with zero attached hydrogens (tertiary/aromatic N) is 4. The third-order valence-corrected chi connectivity index (χ3v) is 1.96. The molecule has 0 saturated carbocycles. The van der Waals surface area contributed by atoms with Crippen LogP contribution in [0.25, 0.3) is 0 Å². The minimum atomic E-state index is 0.517. The van der Waals surface area contributed by atoms with Gasteiger partial charge in [-0.3, -0.25) is 0 Å². The SMILES string of the molecule is CC(C)CN(CCC#N)c1cccnn1. The topological polar surface area (TPSA) is 52.8 Å². The zero-order chi connectivity index (χ0) is 11.1. The first kappa shape index (κ1) is 11.4. The van der Waals surface area contributed by atoms with Crippen LogP contribution in [0.5, 0.6) is 0 Å². The van der Waals surface area contributed by atoms with E-state index in [-0.39, 0.29) is 0 Å². The Labute approximate surface area is 90.5 Å². The number of hydrogen-bond donors (Lipinski definition) is 0.